The first-order chi connectivity index (χ1) is 8.24. The van der Waals surface area contributed by atoms with E-state index in [0.29, 0.717) is 6.61 Å². The van der Waals surface area contributed by atoms with Crippen molar-refractivity contribution in [3.05, 3.63) is 28.2 Å². The summed E-state index contributed by atoms with van der Waals surface area (Å²) in [5.41, 5.74) is 7.76. The van der Waals surface area contributed by atoms with Gasteiger partial charge in [0.15, 0.2) is 0 Å². The molecule has 0 aromatic heterocycles. The van der Waals surface area contributed by atoms with Crippen LogP contribution in [0.2, 0.25) is 0 Å². The fourth-order valence-corrected chi connectivity index (χ4v) is 2.07. The van der Waals surface area contributed by atoms with E-state index >= 15 is 0 Å². The van der Waals surface area contributed by atoms with Crippen molar-refractivity contribution in [2.75, 3.05) is 12.3 Å². The number of nitrogens with two attached hydrogens (primary N) is 1. The van der Waals surface area contributed by atoms with Gasteiger partial charge in [-0.3, -0.25) is 0 Å². The average Bonchev–Trinajstić information content (AvgIpc) is 2.30. The molecule has 0 radical (unpaired) electrons. The van der Waals surface area contributed by atoms with Gasteiger partial charge in [0, 0.05) is 22.3 Å². The van der Waals surface area contributed by atoms with Crippen LogP contribution >= 0.6 is 15.9 Å². The Kier molecular flexibility index (Phi) is 7.29. The van der Waals surface area contributed by atoms with Crippen molar-refractivity contribution in [3.8, 4) is 0 Å². The lowest BCUT2D eigenvalue weighted by Gasteiger charge is -2.07. The lowest BCUT2D eigenvalue weighted by molar-refractivity contribution is 0.117. The number of ether oxygens (including phenoxy) is 1. The maximum Gasteiger partial charge on any atom is 0.0736 e. The normalized spacial score (nSPS) is 10.7. The molecule has 0 fully saturated rings. The Morgan fingerprint density at radius 2 is 1.94 bits per heavy atom. The molecule has 2 N–H and O–H groups in total. The molecular weight excluding hydrogens is 278 g/mol. The van der Waals surface area contributed by atoms with E-state index in [0.717, 1.165) is 28.8 Å². The van der Waals surface area contributed by atoms with E-state index in [1.165, 1.54) is 25.7 Å². The van der Waals surface area contributed by atoms with Gasteiger partial charge >= 0.3 is 0 Å². The Balaban J connectivity index is 2.14. The largest absolute Gasteiger partial charge is 0.398 e. The monoisotopic (exact) mass is 299 g/mol. The molecule has 1 aromatic rings. The average molecular weight is 300 g/mol. The number of hydrogen-bond donors (Lipinski definition) is 1. The molecule has 2 nitrogen and oxygen atoms in total. The van der Waals surface area contributed by atoms with Crippen molar-refractivity contribution in [3.63, 3.8) is 0 Å². The summed E-state index contributed by atoms with van der Waals surface area (Å²) in [6, 6.07) is 5.92. The van der Waals surface area contributed by atoms with Crippen molar-refractivity contribution < 1.29 is 4.74 Å². The highest BCUT2D eigenvalue weighted by atomic mass is 79.9. The summed E-state index contributed by atoms with van der Waals surface area (Å²) >= 11 is 3.39. The molecule has 0 saturated heterocycles. The standard InChI is InChI=1S/C14H22BrNO/c1-2-3-4-5-6-9-17-11-12-7-8-13(15)10-14(12)16/h7-8,10H,2-6,9,11,16H2,1H3. The Morgan fingerprint density at radius 1 is 1.18 bits per heavy atom. The predicted molar refractivity (Wildman–Crippen MR) is 77.0 cm³/mol. The third-order valence-corrected chi connectivity index (χ3v) is 3.25. The minimum atomic E-state index is 0.618. The molecule has 0 aliphatic rings. The van der Waals surface area contributed by atoms with Crippen LogP contribution in [0.5, 0.6) is 0 Å². The minimum Gasteiger partial charge on any atom is -0.398 e. The summed E-state index contributed by atoms with van der Waals surface area (Å²) in [6.45, 7) is 3.68. The summed E-state index contributed by atoms with van der Waals surface area (Å²) in [5.74, 6) is 0. The topological polar surface area (TPSA) is 35.2 Å². The molecule has 0 atom stereocenters. The first-order valence-corrected chi connectivity index (χ1v) is 7.15. The van der Waals surface area contributed by atoms with Crippen LogP contribution in [-0.2, 0) is 11.3 Å². The van der Waals surface area contributed by atoms with Crippen LogP contribution in [0.15, 0.2) is 22.7 Å². The summed E-state index contributed by atoms with van der Waals surface area (Å²) in [4.78, 5) is 0. The second-order valence-electron chi connectivity index (χ2n) is 4.31. The molecule has 3 heteroatoms. The Morgan fingerprint density at radius 3 is 2.65 bits per heavy atom. The van der Waals surface area contributed by atoms with Gasteiger partial charge in [-0.25, -0.2) is 0 Å². The van der Waals surface area contributed by atoms with E-state index in [-0.39, 0.29) is 0 Å². The molecule has 1 aromatic carbocycles. The van der Waals surface area contributed by atoms with E-state index < -0.39 is 0 Å². The number of hydrogen-bond acceptors (Lipinski definition) is 2. The van der Waals surface area contributed by atoms with Gasteiger partial charge in [-0.1, -0.05) is 54.6 Å². The summed E-state index contributed by atoms with van der Waals surface area (Å²) in [5, 5.41) is 0. The molecule has 17 heavy (non-hydrogen) atoms. The number of rotatable bonds is 8. The van der Waals surface area contributed by atoms with E-state index in [4.69, 9.17) is 10.5 Å². The third-order valence-electron chi connectivity index (χ3n) is 2.76. The van der Waals surface area contributed by atoms with Crippen molar-refractivity contribution >= 4 is 21.6 Å². The smallest absolute Gasteiger partial charge is 0.0736 e. The summed E-state index contributed by atoms with van der Waals surface area (Å²) in [7, 11) is 0. The van der Waals surface area contributed by atoms with E-state index in [9.17, 15) is 0 Å². The van der Waals surface area contributed by atoms with E-state index in [1.807, 2.05) is 18.2 Å². The highest BCUT2D eigenvalue weighted by Gasteiger charge is 1.99. The number of halogens is 1. The summed E-state index contributed by atoms with van der Waals surface area (Å²) < 4.78 is 6.64. The van der Waals surface area contributed by atoms with Gasteiger partial charge in [-0.2, -0.15) is 0 Å². The number of benzene rings is 1. The SMILES string of the molecule is CCCCCCCOCc1ccc(Br)cc1N. The maximum atomic E-state index is 5.89. The van der Waals surface area contributed by atoms with Crippen LogP contribution in [0.1, 0.15) is 44.6 Å². The predicted octanol–water partition coefficient (Wildman–Crippen LogP) is 4.52. The van der Waals surface area contributed by atoms with Crippen LogP contribution in [0.4, 0.5) is 5.69 Å². The van der Waals surface area contributed by atoms with E-state index in [1.54, 1.807) is 0 Å². The maximum absolute atomic E-state index is 5.89. The molecule has 0 bridgehead atoms. The highest BCUT2D eigenvalue weighted by Crippen LogP contribution is 2.19. The van der Waals surface area contributed by atoms with Crippen LogP contribution in [0, 0.1) is 0 Å². The van der Waals surface area contributed by atoms with Gasteiger partial charge < -0.3 is 10.5 Å². The van der Waals surface area contributed by atoms with Gasteiger partial charge in [0.25, 0.3) is 0 Å². The lowest BCUT2D eigenvalue weighted by atomic mass is 10.2. The molecule has 0 heterocycles. The van der Waals surface area contributed by atoms with Crippen molar-refractivity contribution in [1.29, 1.82) is 0 Å². The quantitative estimate of drug-likeness (QED) is 0.566. The molecule has 0 saturated carbocycles. The third kappa shape index (κ3) is 6.08. The molecule has 0 aliphatic carbocycles. The molecular formula is C14H22BrNO. The lowest BCUT2D eigenvalue weighted by Crippen LogP contribution is -1.99. The van der Waals surface area contributed by atoms with Crippen molar-refractivity contribution in [2.45, 2.75) is 45.6 Å². The van der Waals surface area contributed by atoms with Gasteiger partial charge in [0.2, 0.25) is 0 Å². The van der Waals surface area contributed by atoms with Crippen molar-refractivity contribution in [1.82, 2.24) is 0 Å². The Labute approximate surface area is 113 Å². The van der Waals surface area contributed by atoms with Crippen LogP contribution in [0.3, 0.4) is 0 Å². The molecule has 0 spiro atoms. The van der Waals surface area contributed by atoms with Gasteiger partial charge in [0.1, 0.15) is 0 Å². The highest BCUT2D eigenvalue weighted by molar-refractivity contribution is 9.10. The zero-order valence-electron chi connectivity index (χ0n) is 10.5. The van der Waals surface area contributed by atoms with Gasteiger partial charge in [-0.05, 0) is 18.6 Å². The van der Waals surface area contributed by atoms with Gasteiger partial charge in [-0.15, -0.1) is 0 Å². The second kappa shape index (κ2) is 8.54. The van der Waals surface area contributed by atoms with Gasteiger partial charge in [0.05, 0.1) is 6.61 Å². The Hall–Kier alpha value is -0.540. The zero-order valence-corrected chi connectivity index (χ0v) is 12.1. The number of unbranched alkanes of at least 4 members (excludes halogenated alkanes) is 4. The summed E-state index contributed by atoms with van der Waals surface area (Å²) in [6.07, 6.45) is 6.36. The first-order valence-electron chi connectivity index (χ1n) is 6.35. The Bertz CT molecular complexity index is 328. The molecule has 0 aliphatic heterocycles. The fourth-order valence-electron chi connectivity index (χ4n) is 1.69. The molecule has 1 rings (SSSR count). The van der Waals surface area contributed by atoms with E-state index in [2.05, 4.69) is 22.9 Å². The number of nitrogen functional groups attached to an aromatic ring is 1. The molecule has 0 amide bonds. The fraction of sp³-hybridized carbons (Fsp3) is 0.571. The second-order valence-corrected chi connectivity index (χ2v) is 5.23. The van der Waals surface area contributed by atoms with Crippen LogP contribution in [-0.4, -0.2) is 6.61 Å². The van der Waals surface area contributed by atoms with Crippen LogP contribution in [0.25, 0.3) is 0 Å². The number of anilines is 1. The molecule has 0 unspecified atom stereocenters. The minimum absolute atomic E-state index is 0.618. The van der Waals surface area contributed by atoms with Crippen LogP contribution < -0.4 is 5.73 Å². The van der Waals surface area contributed by atoms with Crippen molar-refractivity contribution in [2.24, 2.45) is 0 Å². The zero-order chi connectivity index (χ0) is 12.5. The molecule has 96 valence electrons. The first kappa shape index (κ1) is 14.5.